The SMILES string of the molecule is CCCC(C)NC(=O)C(C)/C=C(\N)Cc1ccccc1. The number of carbonyl (C=O) groups is 1. The monoisotopic (exact) mass is 274 g/mol. The molecule has 1 aromatic rings. The summed E-state index contributed by atoms with van der Waals surface area (Å²) >= 11 is 0. The Morgan fingerprint density at radius 3 is 2.55 bits per heavy atom. The fraction of sp³-hybridized carbons (Fsp3) is 0.471. The van der Waals surface area contributed by atoms with Crippen molar-refractivity contribution in [2.24, 2.45) is 11.7 Å². The summed E-state index contributed by atoms with van der Waals surface area (Å²) in [7, 11) is 0. The molecular weight excluding hydrogens is 248 g/mol. The first kappa shape index (κ1) is 16.3. The molecule has 2 atom stereocenters. The van der Waals surface area contributed by atoms with Gasteiger partial charge in [-0.25, -0.2) is 0 Å². The topological polar surface area (TPSA) is 55.1 Å². The van der Waals surface area contributed by atoms with E-state index in [0.29, 0.717) is 6.42 Å². The molecule has 110 valence electrons. The van der Waals surface area contributed by atoms with Crippen LogP contribution in [0, 0.1) is 5.92 Å². The van der Waals surface area contributed by atoms with Gasteiger partial charge < -0.3 is 11.1 Å². The summed E-state index contributed by atoms with van der Waals surface area (Å²) in [6.07, 6.45) is 4.60. The van der Waals surface area contributed by atoms with Crippen molar-refractivity contribution in [3.63, 3.8) is 0 Å². The van der Waals surface area contributed by atoms with Gasteiger partial charge >= 0.3 is 0 Å². The number of benzene rings is 1. The first-order valence-electron chi connectivity index (χ1n) is 7.33. The molecule has 0 bridgehead atoms. The van der Waals surface area contributed by atoms with E-state index in [1.807, 2.05) is 50.3 Å². The molecular formula is C17H26N2O. The summed E-state index contributed by atoms with van der Waals surface area (Å²) in [6, 6.07) is 10.3. The molecule has 3 nitrogen and oxygen atoms in total. The molecule has 0 aromatic heterocycles. The minimum absolute atomic E-state index is 0.0435. The average molecular weight is 274 g/mol. The number of carbonyl (C=O) groups excluding carboxylic acids is 1. The van der Waals surface area contributed by atoms with E-state index in [2.05, 4.69) is 12.2 Å². The Morgan fingerprint density at radius 2 is 1.95 bits per heavy atom. The molecule has 0 radical (unpaired) electrons. The molecule has 0 heterocycles. The molecule has 0 fully saturated rings. The Hall–Kier alpha value is -1.77. The summed E-state index contributed by atoms with van der Waals surface area (Å²) < 4.78 is 0. The van der Waals surface area contributed by atoms with E-state index in [0.717, 1.165) is 24.1 Å². The van der Waals surface area contributed by atoms with Crippen LogP contribution in [0.3, 0.4) is 0 Å². The van der Waals surface area contributed by atoms with Crippen molar-refractivity contribution in [2.45, 2.75) is 46.1 Å². The van der Waals surface area contributed by atoms with Crippen molar-refractivity contribution in [1.82, 2.24) is 5.32 Å². The van der Waals surface area contributed by atoms with Gasteiger partial charge in [-0.3, -0.25) is 4.79 Å². The van der Waals surface area contributed by atoms with Gasteiger partial charge in [-0.05, 0) is 18.9 Å². The summed E-state index contributed by atoms with van der Waals surface area (Å²) in [4.78, 5) is 12.0. The predicted octanol–water partition coefficient (Wildman–Crippen LogP) is 3.01. The second kappa shape index (κ2) is 8.41. The number of allylic oxidation sites excluding steroid dienone is 1. The maximum atomic E-state index is 12.0. The number of hydrogen-bond acceptors (Lipinski definition) is 2. The molecule has 3 heteroatoms. The van der Waals surface area contributed by atoms with Crippen LogP contribution in [0.15, 0.2) is 42.1 Å². The third-order valence-corrected chi connectivity index (χ3v) is 3.24. The molecule has 3 N–H and O–H groups in total. The van der Waals surface area contributed by atoms with E-state index in [1.54, 1.807) is 0 Å². The van der Waals surface area contributed by atoms with Gasteiger partial charge in [-0.1, -0.05) is 56.7 Å². The molecule has 0 saturated carbocycles. The Balaban J connectivity index is 2.52. The average Bonchev–Trinajstić information content (AvgIpc) is 2.39. The first-order chi connectivity index (χ1) is 9.52. The number of nitrogens with one attached hydrogen (secondary N) is 1. The fourth-order valence-electron chi connectivity index (χ4n) is 2.17. The highest BCUT2D eigenvalue weighted by Crippen LogP contribution is 2.08. The quantitative estimate of drug-likeness (QED) is 0.803. The van der Waals surface area contributed by atoms with Crippen LogP contribution in [-0.2, 0) is 11.2 Å². The minimum Gasteiger partial charge on any atom is -0.402 e. The standard InChI is InChI=1S/C17H26N2O/c1-4-8-14(3)19-17(20)13(2)11-16(18)12-15-9-6-5-7-10-15/h5-7,9-11,13-14H,4,8,12,18H2,1-3H3,(H,19,20)/b16-11-. The van der Waals surface area contributed by atoms with E-state index in [-0.39, 0.29) is 17.9 Å². The lowest BCUT2D eigenvalue weighted by atomic mass is 10.0. The Morgan fingerprint density at radius 1 is 1.30 bits per heavy atom. The van der Waals surface area contributed by atoms with E-state index in [9.17, 15) is 4.79 Å². The van der Waals surface area contributed by atoms with Crippen LogP contribution in [0.4, 0.5) is 0 Å². The van der Waals surface area contributed by atoms with E-state index in [4.69, 9.17) is 5.73 Å². The van der Waals surface area contributed by atoms with Crippen LogP contribution in [0.2, 0.25) is 0 Å². The van der Waals surface area contributed by atoms with Crippen LogP contribution >= 0.6 is 0 Å². The van der Waals surface area contributed by atoms with E-state index in [1.165, 1.54) is 0 Å². The van der Waals surface area contributed by atoms with Gasteiger partial charge in [0, 0.05) is 18.2 Å². The number of hydrogen-bond donors (Lipinski definition) is 2. The second-order valence-electron chi connectivity index (χ2n) is 5.39. The van der Waals surface area contributed by atoms with Crippen molar-refractivity contribution < 1.29 is 4.79 Å². The molecule has 0 aliphatic rings. The maximum Gasteiger partial charge on any atom is 0.226 e. The zero-order valence-corrected chi connectivity index (χ0v) is 12.7. The molecule has 0 aliphatic heterocycles. The second-order valence-corrected chi connectivity index (χ2v) is 5.39. The molecule has 0 aliphatic carbocycles. The minimum atomic E-state index is -0.196. The van der Waals surface area contributed by atoms with Crippen LogP contribution in [-0.4, -0.2) is 11.9 Å². The van der Waals surface area contributed by atoms with Crippen molar-refractivity contribution in [3.05, 3.63) is 47.7 Å². The van der Waals surface area contributed by atoms with Gasteiger partial charge in [0.15, 0.2) is 0 Å². The molecule has 1 aromatic carbocycles. The Kier molecular flexibility index (Phi) is 6.85. The molecule has 20 heavy (non-hydrogen) atoms. The summed E-state index contributed by atoms with van der Waals surface area (Å²) in [5, 5.41) is 3.01. The van der Waals surface area contributed by atoms with Crippen molar-refractivity contribution in [3.8, 4) is 0 Å². The van der Waals surface area contributed by atoms with Crippen LogP contribution in [0.1, 0.15) is 39.2 Å². The van der Waals surface area contributed by atoms with Crippen LogP contribution in [0.25, 0.3) is 0 Å². The molecule has 0 spiro atoms. The van der Waals surface area contributed by atoms with Gasteiger partial charge in [0.25, 0.3) is 0 Å². The van der Waals surface area contributed by atoms with Crippen LogP contribution in [0.5, 0.6) is 0 Å². The van der Waals surface area contributed by atoms with Crippen molar-refractivity contribution >= 4 is 5.91 Å². The van der Waals surface area contributed by atoms with Gasteiger partial charge in [-0.2, -0.15) is 0 Å². The lowest BCUT2D eigenvalue weighted by Gasteiger charge is -2.15. The Bertz CT molecular complexity index is 440. The number of nitrogens with two attached hydrogens (primary N) is 1. The van der Waals surface area contributed by atoms with Crippen LogP contribution < -0.4 is 11.1 Å². The first-order valence-corrected chi connectivity index (χ1v) is 7.33. The highest BCUT2D eigenvalue weighted by Gasteiger charge is 2.13. The number of rotatable bonds is 7. The lowest BCUT2D eigenvalue weighted by molar-refractivity contribution is -0.123. The summed E-state index contributed by atoms with van der Waals surface area (Å²) in [5.41, 5.74) is 7.91. The smallest absolute Gasteiger partial charge is 0.226 e. The molecule has 1 amide bonds. The van der Waals surface area contributed by atoms with Gasteiger partial charge in [0.1, 0.15) is 0 Å². The van der Waals surface area contributed by atoms with Gasteiger partial charge in [0.2, 0.25) is 5.91 Å². The summed E-state index contributed by atoms with van der Waals surface area (Å²) in [5.74, 6) is -0.153. The number of amides is 1. The largest absolute Gasteiger partial charge is 0.402 e. The summed E-state index contributed by atoms with van der Waals surface area (Å²) in [6.45, 7) is 6.03. The van der Waals surface area contributed by atoms with E-state index >= 15 is 0 Å². The highest BCUT2D eigenvalue weighted by molar-refractivity contribution is 5.80. The van der Waals surface area contributed by atoms with Crippen molar-refractivity contribution in [2.75, 3.05) is 0 Å². The fourth-order valence-corrected chi connectivity index (χ4v) is 2.17. The third-order valence-electron chi connectivity index (χ3n) is 3.24. The normalized spacial score (nSPS) is 14.7. The van der Waals surface area contributed by atoms with E-state index < -0.39 is 0 Å². The zero-order chi connectivity index (χ0) is 15.0. The molecule has 1 rings (SSSR count). The van der Waals surface area contributed by atoms with Gasteiger partial charge in [-0.15, -0.1) is 0 Å². The molecule has 0 saturated heterocycles. The Labute approximate surface area is 122 Å². The van der Waals surface area contributed by atoms with Gasteiger partial charge in [0.05, 0.1) is 5.92 Å². The zero-order valence-electron chi connectivity index (χ0n) is 12.7. The lowest BCUT2D eigenvalue weighted by Crippen LogP contribution is -2.36. The highest BCUT2D eigenvalue weighted by atomic mass is 16.1. The predicted molar refractivity (Wildman–Crippen MR) is 84.1 cm³/mol. The third kappa shape index (κ3) is 5.91. The molecule has 2 unspecified atom stereocenters. The van der Waals surface area contributed by atoms with Crippen molar-refractivity contribution in [1.29, 1.82) is 0 Å². The maximum absolute atomic E-state index is 12.0.